The number of phosphoric ester groups is 1. The molecule has 0 aromatic rings. The van der Waals surface area contributed by atoms with Crippen LogP contribution in [0.25, 0.3) is 0 Å². The van der Waals surface area contributed by atoms with E-state index in [1.165, 1.54) is 32.1 Å². The Bertz CT molecular complexity index is 594. The number of likely N-dealkylation sites (N-methyl/N-ethyl adjacent to an activating group) is 1. The lowest BCUT2D eigenvalue weighted by Crippen LogP contribution is -2.37. The van der Waals surface area contributed by atoms with Crippen LogP contribution in [0.1, 0.15) is 90.9 Å². The van der Waals surface area contributed by atoms with E-state index in [4.69, 9.17) is 18.5 Å². The monoisotopic (exact) mass is 510 g/mol. The van der Waals surface area contributed by atoms with Gasteiger partial charge in [-0.05, 0) is 12.8 Å². The van der Waals surface area contributed by atoms with Crippen LogP contribution in [-0.4, -0.2) is 74.9 Å². The fraction of sp³-hybridized carbons (Fsp3) is 0.917. The number of ether oxygens (including phenoxy) is 2. The van der Waals surface area contributed by atoms with E-state index in [1.54, 1.807) is 0 Å². The van der Waals surface area contributed by atoms with E-state index in [0.29, 0.717) is 23.9 Å². The molecule has 0 aliphatic heterocycles. The fourth-order valence-corrected chi connectivity index (χ4v) is 3.73. The molecule has 0 rings (SSSR count). The molecule has 0 spiro atoms. The first-order chi connectivity index (χ1) is 16.0. The van der Waals surface area contributed by atoms with Crippen LogP contribution in [0.2, 0.25) is 0 Å². The lowest BCUT2D eigenvalue weighted by atomic mass is 10.1. The standard InChI is InChI=1S/C24H48NO8P/c1-6-8-10-11-12-13-14-15-17-23(26)30-20-22(33-24(27)16-9-7-2)21-32-34(28,29)31-19-18-25(3,4)5/h22H,6-21H2,1-5H3/p+1/t22-/m1/s1. The van der Waals surface area contributed by atoms with Crippen molar-refractivity contribution >= 4 is 19.8 Å². The van der Waals surface area contributed by atoms with Crippen molar-refractivity contribution in [2.45, 2.75) is 97.0 Å². The molecule has 2 atom stereocenters. The molecule has 1 unspecified atom stereocenters. The van der Waals surface area contributed by atoms with Crippen LogP contribution in [0.4, 0.5) is 0 Å². The first kappa shape index (κ1) is 33.0. The van der Waals surface area contributed by atoms with Gasteiger partial charge in [-0.2, -0.15) is 0 Å². The Kier molecular flexibility index (Phi) is 18.7. The van der Waals surface area contributed by atoms with Crippen LogP contribution in [0.3, 0.4) is 0 Å². The summed E-state index contributed by atoms with van der Waals surface area (Å²) in [7, 11) is 1.47. The van der Waals surface area contributed by atoms with Crippen molar-refractivity contribution in [3.05, 3.63) is 0 Å². The highest BCUT2D eigenvalue weighted by atomic mass is 31.2. The topological polar surface area (TPSA) is 108 Å². The molecular formula is C24H49NO8P+. The molecule has 0 aliphatic carbocycles. The summed E-state index contributed by atoms with van der Waals surface area (Å²) in [5.41, 5.74) is 0. The Morgan fingerprint density at radius 3 is 1.94 bits per heavy atom. The molecule has 0 saturated heterocycles. The smallest absolute Gasteiger partial charge is 0.462 e. The highest BCUT2D eigenvalue weighted by Crippen LogP contribution is 2.43. The third kappa shape index (κ3) is 21.5. The number of carbonyl (C=O) groups is 2. The van der Waals surface area contributed by atoms with Crippen LogP contribution < -0.4 is 0 Å². The number of hydrogen-bond acceptors (Lipinski definition) is 7. The SMILES string of the molecule is CCCCCCCCCCC(=O)OC[C@H](COP(=O)(O)OCC[N+](C)(C)C)OC(=O)CCCC. The maximum atomic E-state index is 12.1. The average molecular weight is 511 g/mol. The highest BCUT2D eigenvalue weighted by molar-refractivity contribution is 7.47. The summed E-state index contributed by atoms with van der Waals surface area (Å²) in [6.07, 6.45) is 10.0. The molecule has 0 saturated carbocycles. The summed E-state index contributed by atoms with van der Waals surface area (Å²) < 4.78 is 33.3. The molecule has 0 bridgehead atoms. The first-order valence-corrected chi connectivity index (χ1v) is 14.3. The number of hydrogen-bond donors (Lipinski definition) is 1. The van der Waals surface area contributed by atoms with E-state index in [2.05, 4.69) is 6.92 Å². The van der Waals surface area contributed by atoms with E-state index in [0.717, 1.165) is 25.7 Å². The minimum atomic E-state index is -4.32. The van der Waals surface area contributed by atoms with Gasteiger partial charge in [-0.25, -0.2) is 4.57 Å². The molecule has 0 aliphatic rings. The van der Waals surface area contributed by atoms with Crippen molar-refractivity contribution in [1.82, 2.24) is 0 Å². The van der Waals surface area contributed by atoms with E-state index in [9.17, 15) is 19.0 Å². The molecular weight excluding hydrogens is 461 g/mol. The second-order valence-electron chi connectivity index (χ2n) is 9.73. The van der Waals surface area contributed by atoms with Gasteiger partial charge >= 0.3 is 19.8 Å². The fourth-order valence-electron chi connectivity index (χ4n) is 2.99. The normalized spacial score (nSPS) is 14.4. The predicted octanol–water partition coefficient (Wildman–Crippen LogP) is 5.00. The largest absolute Gasteiger partial charge is 0.472 e. The molecule has 0 aromatic carbocycles. The Balaban J connectivity index is 4.44. The van der Waals surface area contributed by atoms with Crippen LogP contribution in [0.15, 0.2) is 0 Å². The Hall–Kier alpha value is -0.990. The predicted molar refractivity (Wildman–Crippen MR) is 132 cm³/mol. The van der Waals surface area contributed by atoms with E-state index in [1.807, 2.05) is 28.1 Å². The van der Waals surface area contributed by atoms with Gasteiger partial charge < -0.3 is 18.9 Å². The van der Waals surface area contributed by atoms with Gasteiger partial charge in [-0.3, -0.25) is 18.6 Å². The van der Waals surface area contributed by atoms with Crippen molar-refractivity contribution < 1.29 is 42.1 Å². The molecule has 0 radical (unpaired) electrons. The van der Waals surface area contributed by atoms with E-state index in [-0.39, 0.29) is 25.6 Å². The molecule has 0 amide bonds. The zero-order valence-electron chi connectivity index (χ0n) is 22.1. The Morgan fingerprint density at radius 1 is 0.794 bits per heavy atom. The number of phosphoric acid groups is 1. The second kappa shape index (κ2) is 19.2. The number of esters is 2. The van der Waals surface area contributed by atoms with E-state index < -0.39 is 26.5 Å². The van der Waals surface area contributed by atoms with Gasteiger partial charge in [0.05, 0.1) is 27.7 Å². The lowest BCUT2D eigenvalue weighted by Gasteiger charge is -2.24. The number of nitrogens with zero attached hydrogens (tertiary/aromatic N) is 1. The molecule has 0 heterocycles. The Labute approximate surface area is 206 Å². The summed E-state index contributed by atoms with van der Waals surface area (Å²) in [4.78, 5) is 34.0. The third-order valence-electron chi connectivity index (χ3n) is 5.14. The molecule has 0 aromatic heterocycles. The first-order valence-electron chi connectivity index (χ1n) is 12.8. The molecule has 0 fully saturated rings. The second-order valence-corrected chi connectivity index (χ2v) is 11.2. The number of carbonyl (C=O) groups excluding carboxylic acids is 2. The third-order valence-corrected chi connectivity index (χ3v) is 6.12. The molecule has 34 heavy (non-hydrogen) atoms. The molecule has 9 nitrogen and oxygen atoms in total. The maximum Gasteiger partial charge on any atom is 0.472 e. The lowest BCUT2D eigenvalue weighted by molar-refractivity contribution is -0.870. The Morgan fingerprint density at radius 2 is 1.35 bits per heavy atom. The van der Waals surface area contributed by atoms with Gasteiger partial charge in [0.1, 0.15) is 19.8 Å². The van der Waals surface area contributed by atoms with Gasteiger partial charge in [0.25, 0.3) is 0 Å². The summed E-state index contributed by atoms with van der Waals surface area (Å²) >= 11 is 0. The van der Waals surface area contributed by atoms with Gasteiger partial charge in [0.15, 0.2) is 6.10 Å². The van der Waals surface area contributed by atoms with Crippen LogP contribution in [-0.2, 0) is 32.7 Å². The molecule has 10 heteroatoms. The van der Waals surface area contributed by atoms with Gasteiger partial charge in [-0.15, -0.1) is 0 Å². The van der Waals surface area contributed by atoms with Crippen molar-refractivity contribution in [1.29, 1.82) is 0 Å². The van der Waals surface area contributed by atoms with Gasteiger partial charge in [0.2, 0.25) is 0 Å². The van der Waals surface area contributed by atoms with Crippen molar-refractivity contribution in [3.63, 3.8) is 0 Å². The minimum absolute atomic E-state index is 0.0336. The summed E-state index contributed by atoms with van der Waals surface area (Å²) in [5.74, 6) is -0.847. The quantitative estimate of drug-likeness (QED) is 0.0938. The summed E-state index contributed by atoms with van der Waals surface area (Å²) in [5, 5.41) is 0. The number of rotatable bonds is 22. The van der Waals surface area contributed by atoms with Crippen LogP contribution >= 0.6 is 7.82 Å². The zero-order valence-corrected chi connectivity index (χ0v) is 23.0. The summed E-state index contributed by atoms with van der Waals surface area (Å²) in [6.45, 7) is 4.06. The van der Waals surface area contributed by atoms with Crippen LogP contribution in [0.5, 0.6) is 0 Å². The van der Waals surface area contributed by atoms with Crippen LogP contribution in [0, 0.1) is 0 Å². The number of unbranched alkanes of at least 4 members (excludes halogenated alkanes) is 8. The van der Waals surface area contributed by atoms with Gasteiger partial charge in [-0.1, -0.05) is 65.2 Å². The highest BCUT2D eigenvalue weighted by Gasteiger charge is 2.26. The minimum Gasteiger partial charge on any atom is -0.462 e. The van der Waals surface area contributed by atoms with Gasteiger partial charge in [0, 0.05) is 12.8 Å². The van der Waals surface area contributed by atoms with Crippen molar-refractivity contribution in [2.75, 3.05) is 47.5 Å². The number of quaternary nitrogens is 1. The zero-order chi connectivity index (χ0) is 25.9. The average Bonchev–Trinajstić information content (AvgIpc) is 2.75. The van der Waals surface area contributed by atoms with Crippen molar-refractivity contribution in [2.24, 2.45) is 0 Å². The van der Waals surface area contributed by atoms with E-state index >= 15 is 0 Å². The molecule has 1 N–H and O–H groups in total. The summed E-state index contributed by atoms with van der Waals surface area (Å²) in [6, 6.07) is 0. The maximum absolute atomic E-state index is 12.1. The van der Waals surface area contributed by atoms with Crippen molar-refractivity contribution in [3.8, 4) is 0 Å². The molecule has 202 valence electrons.